The van der Waals surface area contributed by atoms with E-state index in [0.29, 0.717) is 17.2 Å². The minimum absolute atomic E-state index is 0.0613. The second-order valence-corrected chi connectivity index (χ2v) is 6.06. The minimum atomic E-state index is -1.10. The molecule has 0 spiro atoms. The van der Waals surface area contributed by atoms with Crippen LogP contribution in [0.1, 0.15) is 10.4 Å². The van der Waals surface area contributed by atoms with E-state index in [1.165, 1.54) is 6.07 Å². The van der Waals surface area contributed by atoms with Gasteiger partial charge >= 0.3 is 0 Å². The molecule has 0 aliphatic heterocycles. The van der Waals surface area contributed by atoms with Crippen LogP contribution in [0.5, 0.6) is 5.75 Å². The van der Waals surface area contributed by atoms with Crippen LogP contribution in [0.25, 0.3) is 10.8 Å². The number of carbonyl (C=O) groups excluding carboxylic acids is 3. The van der Waals surface area contributed by atoms with Crippen LogP contribution in [0, 0.1) is 11.6 Å². The van der Waals surface area contributed by atoms with Gasteiger partial charge in [0.15, 0.2) is 24.5 Å². The van der Waals surface area contributed by atoms with Gasteiger partial charge in [0.1, 0.15) is 5.75 Å². The third-order valence-electron chi connectivity index (χ3n) is 4.06. The lowest BCUT2D eigenvalue weighted by Crippen LogP contribution is -2.35. The summed E-state index contributed by atoms with van der Waals surface area (Å²) in [5.41, 5.74) is 0.387. The van der Waals surface area contributed by atoms with Crippen molar-refractivity contribution >= 4 is 34.6 Å². The third-order valence-corrected chi connectivity index (χ3v) is 4.06. The van der Waals surface area contributed by atoms with E-state index in [2.05, 4.69) is 10.6 Å². The van der Waals surface area contributed by atoms with Gasteiger partial charge in [-0.2, -0.15) is 0 Å². The van der Waals surface area contributed by atoms with Crippen molar-refractivity contribution in [2.75, 3.05) is 18.5 Å². The molecule has 0 aliphatic carbocycles. The number of ether oxygens (including phenoxy) is 1. The van der Waals surface area contributed by atoms with Crippen LogP contribution >= 0.6 is 0 Å². The first-order valence-corrected chi connectivity index (χ1v) is 8.59. The Balaban J connectivity index is 1.53. The Labute approximate surface area is 164 Å². The highest BCUT2D eigenvalue weighted by Gasteiger charge is 2.12. The number of aldehydes is 1. The van der Waals surface area contributed by atoms with E-state index in [9.17, 15) is 23.2 Å². The maximum absolute atomic E-state index is 13.1. The number of hydrogen-bond donors (Lipinski definition) is 2. The van der Waals surface area contributed by atoms with Gasteiger partial charge in [-0.15, -0.1) is 0 Å². The predicted octanol–water partition coefficient (Wildman–Crippen LogP) is 3.06. The Morgan fingerprint density at radius 2 is 1.76 bits per heavy atom. The van der Waals surface area contributed by atoms with Crippen molar-refractivity contribution in [2.24, 2.45) is 0 Å². The molecule has 0 saturated heterocycles. The Hall–Kier alpha value is -3.81. The highest BCUT2D eigenvalue weighted by atomic mass is 19.2. The fourth-order valence-corrected chi connectivity index (χ4v) is 2.68. The number of carbonyl (C=O) groups is 3. The SMILES string of the molecule is O=Cc1c(OCC(=O)NCC(=O)Nc2ccc(F)c(F)c2)ccc2ccccc12. The van der Waals surface area contributed by atoms with E-state index >= 15 is 0 Å². The molecule has 29 heavy (non-hydrogen) atoms. The molecule has 0 atom stereocenters. The molecule has 0 aromatic heterocycles. The zero-order valence-electron chi connectivity index (χ0n) is 15.1. The van der Waals surface area contributed by atoms with Crippen molar-refractivity contribution < 1.29 is 27.9 Å². The Kier molecular flexibility index (Phi) is 6.13. The van der Waals surface area contributed by atoms with Crippen molar-refractivity contribution in [1.82, 2.24) is 5.32 Å². The lowest BCUT2D eigenvalue weighted by atomic mass is 10.0. The van der Waals surface area contributed by atoms with Gasteiger partial charge in [0.05, 0.1) is 12.1 Å². The molecular weight excluding hydrogens is 382 g/mol. The van der Waals surface area contributed by atoms with Crippen LogP contribution < -0.4 is 15.4 Å². The first kappa shape index (κ1) is 19.9. The second-order valence-electron chi connectivity index (χ2n) is 6.06. The monoisotopic (exact) mass is 398 g/mol. The number of anilines is 1. The summed E-state index contributed by atoms with van der Waals surface area (Å²) in [5, 5.41) is 6.23. The summed E-state index contributed by atoms with van der Waals surface area (Å²) < 4.78 is 31.4. The summed E-state index contributed by atoms with van der Waals surface area (Å²) in [6.07, 6.45) is 0.658. The summed E-state index contributed by atoms with van der Waals surface area (Å²) >= 11 is 0. The van der Waals surface area contributed by atoms with Gasteiger partial charge in [0.2, 0.25) is 5.91 Å². The zero-order valence-corrected chi connectivity index (χ0v) is 15.1. The van der Waals surface area contributed by atoms with E-state index in [4.69, 9.17) is 4.74 Å². The molecule has 2 N–H and O–H groups in total. The van der Waals surface area contributed by atoms with E-state index in [-0.39, 0.29) is 18.0 Å². The quantitative estimate of drug-likeness (QED) is 0.599. The third kappa shape index (κ3) is 4.92. The first-order valence-electron chi connectivity index (χ1n) is 8.59. The van der Waals surface area contributed by atoms with Gasteiger partial charge in [-0.3, -0.25) is 14.4 Å². The molecule has 6 nitrogen and oxygen atoms in total. The largest absolute Gasteiger partial charge is 0.483 e. The standard InChI is InChI=1S/C21H16F2N2O4/c22-17-7-6-14(9-18(17)23)25-20(27)10-24-21(28)12-29-19-8-5-13-3-1-2-4-15(13)16(19)11-26/h1-9,11H,10,12H2,(H,24,28)(H,25,27). The number of halogens is 2. The van der Waals surface area contributed by atoms with Gasteiger partial charge < -0.3 is 15.4 Å². The molecule has 3 aromatic rings. The highest BCUT2D eigenvalue weighted by molar-refractivity contribution is 6.01. The van der Waals surface area contributed by atoms with E-state index in [0.717, 1.165) is 17.5 Å². The van der Waals surface area contributed by atoms with Gasteiger partial charge in [-0.25, -0.2) is 8.78 Å². The average Bonchev–Trinajstić information content (AvgIpc) is 2.72. The molecule has 0 fully saturated rings. The molecule has 0 aliphatic rings. The molecule has 0 heterocycles. The summed E-state index contributed by atoms with van der Waals surface area (Å²) in [4.78, 5) is 35.2. The Morgan fingerprint density at radius 3 is 2.52 bits per heavy atom. The highest BCUT2D eigenvalue weighted by Crippen LogP contribution is 2.26. The maximum atomic E-state index is 13.1. The van der Waals surface area contributed by atoms with Gasteiger partial charge in [-0.05, 0) is 29.0 Å². The van der Waals surface area contributed by atoms with Crippen LogP contribution in [-0.4, -0.2) is 31.3 Å². The molecule has 2 amide bonds. The average molecular weight is 398 g/mol. The topological polar surface area (TPSA) is 84.5 Å². The van der Waals surface area contributed by atoms with Crippen molar-refractivity contribution in [1.29, 1.82) is 0 Å². The summed E-state index contributed by atoms with van der Waals surface area (Å²) in [5.74, 6) is -3.09. The van der Waals surface area contributed by atoms with E-state index in [1.807, 2.05) is 12.1 Å². The van der Waals surface area contributed by atoms with Crippen molar-refractivity contribution in [2.45, 2.75) is 0 Å². The number of rotatable bonds is 7. The second kappa shape index (κ2) is 8.92. The minimum Gasteiger partial charge on any atom is -0.483 e. The Bertz CT molecular complexity index is 1090. The fourth-order valence-electron chi connectivity index (χ4n) is 2.68. The van der Waals surface area contributed by atoms with Gasteiger partial charge in [-0.1, -0.05) is 30.3 Å². The molecular formula is C21H16F2N2O4. The Morgan fingerprint density at radius 1 is 0.966 bits per heavy atom. The molecule has 3 rings (SSSR count). The number of hydrogen-bond acceptors (Lipinski definition) is 4. The lowest BCUT2D eigenvalue weighted by molar-refractivity contribution is -0.125. The molecule has 8 heteroatoms. The molecule has 3 aromatic carbocycles. The summed E-state index contributed by atoms with van der Waals surface area (Å²) in [6.45, 7) is -0.795. The number of benzene rings is 3. The smallest absolute Gasteiger partial charge is 0.258 e. The van der Waals surface area contributed by atoms with Gasteiger partial charge in [0, 0.05) is 11.8 Å². The molecule has 0 bridgehead atoms. The van der Waals surface area contributed by atoms with Crippen LogP contribution in [0.4, 0.5) is 14.5 Å². The van der Waals surface area contributed by atoms with E-state index < -0.39 is 30.1 Å². The van der Waals surface area contributed by atoms with Crippen LogP contribution in [0.3, 0.4) is 0 Å². The van der Waals surface area contributed by atoms with Crippen LogP contribution in [0.15, 0.2) is 54.6 Å². The summed E-state index contributed by atoms with van der Waals surface area (Å²) in [7, 11) is 0. The molecule has 0 saturated carbocycles. The number of amides is 2. The van der Waals surface area contributed by atoms with Crippen LogP contribution in [-0.2, 0) is 9.59 Å². The predicted molar refractivity (Wildman–Crippen MR) is 103 cm³/mol. The molecule has 148 valence electrons. The maximum Gasteiger partial charge on any atom is 0.258 e. The molecule has 0 unspecified atom stereocenters. The number of nitrogens with one attached hydrogen (secondary N) is 2. The zero-order chi connectivity index (χ0) is 20.8. The van der Waals surface area contributed by atoms with Crippen molar-refractivity contribution in [3.05, 3.63) is 71.8 Å². The first-order chi connectivity index (χ1) is 14.0. The lowest BCUT2D eigenvalue weighted by Gasteiger charge is -2.11. The van der Waals surface area contributed by atoms with E-state index in [1.54, 1.807) is 24.3 Å². The normalized spacial score (nSPS) is 10.4. The van der Waals surface area contributed by atoms with Crippen molar-refractivity contribution in [3.8, 4) is 5.75 Å². The van der Waals surface area contributed by atoms with Crippen molar-refractivity contribution in [3.63, 3.8) is 0 Å². The van der Waals surface area contributed by atoms with Gasteiger partial charge in [0.25, 0.3) is 5.91 Å². The number of fused-ring (bicyclic) bond motifs is 1. The fraction of sp³-hybridized carbons (Fsp3) is 0.0952. The molecule has 0 radical (unpaired) electrons. The summed E-state index contributed by atoms with van der Waals surface area (Å²) in [6, 6.07) is 13.5. The van der Waals surface area contributed by atoms with Crippen LogP contribution in [0.2, 0.25) is 0 Å².